The van der Waals surface area contributed by atoms with Crippen molar-refractivity contribution < 1.29 is 9.90 Å². The van der Waals surface area contributed by atoms with Gasteiger partial charge in [0.15, 0.2) is 0 Å². The van der Waals surface area contributed by atoms with Crippen molar-refractivity contribution in [2.75, 3.05) is 0 Å². The first-order valence-corrected chi connectivity index (χ1v) is 7.35. The van der Waals surface area contributed by atoms with Crippen LogP contribution in [0.25, 0.3) is 0 Å². The average Bonchev–Trinajstić information content (AvgIpc) is 2.49. The predicted molar refractivity (Wildman–Crippen MR) is 75.1 cm³/mol. The van der Waals surface area contributed by atoms with E-state index in [9.17, 15) is 15.2 Å². The molecule has 3 rings (SSSR count). The summed E-state index contributed by atoms with van der Waals surface area (Å²) in [6.45, 7) is 0. The fourth-order valence-electron chi connectivity index (χ4n) is 3.91. The molecule has 2 aliphatic carbocycles. The van der Waals surface area contributed by atoms with Gasteiger partial charge in [0.05, 0.1) is 11.7 Å². The molecule has 0 amide bonds. The van der Waals surface area contributed by atoms with Crippen molar-refractivity contribution in [1.82, 2.24) is 0 Å². The molecule has 1 unspecified atom stereocenters. The highest BCUT2D eigenvalue weighted by atomic mass is 16.3. The number of fused-ring (bicyclic) bond motifs is 1. The van der Waals surface area contributed by atoms with Gasteiger partial charge in [0.2, 0.25) is 0 Å². The van der Waals surface area contributed by atoms with Crippen LogP contribution in [0.1, 0.15) is 49.7 Å². The van der Waals surface area contributed by atoms with Crippen LogP contribution in [-0.2, 0) is 16.6 Å². The Balaban J connectivity index is 2.10. The van der Waals surface area contributed by atoms with E-state index in [-0.39, 0.29) is 5.78 Å². The highest BCUT2D eigenvalue weighted by Crippen LogP contribution is 2.49. The molecule has 104 valence electrons. The molecule has 3 nitrogen and oxygen atoms in total. The zero-order valence-electron chi connectivity index (χ0n) is 11.6. The number of hydrogen-bond donors (Lipinski definition) is 1. The lowest BCUT2D eigenvalue weighted by Crippen LogP contribution is -2.54. The summed E-state index contributed by atoms with van der Waals surface area (Å²) in [5, 5.41) is 21.0. The Bertz CT molecular complexity index is 577. The molecule has 1 saturated carbocycles. The van der Waals surface area contributed by atoms with Crippen LogP contribution in [-0.4, -0.2) is 16.5 Å². The first-order chi connectivity index (χ1) is 9.61. The van der Waals surface area contributed by atoms with Crippen molar-refractivity contribution in [2.45, 2.75) is 56.0 Å². The Hall–Kier alpha value is -1.66. The molecule has 0 heterocycles. The van der Waals surface area contributed by atoms with Crippen molar-refractivity contribution in [1.29, 1.82) is 5.26 Å². The number of aryl methyl sites for hydroxylation is 1. The van der Waals surface area contributed by atoms with E-state index in [0.29, 0.717) is 32.1 Å². The minimum Gasteiger partial charge on any atom is -0.388 e. The summed E-state index contributed by atoms with van der Waals surface area (Å²) >= 11 is 0. The molecule has 0 saturated heterocycles. The molecule has 0 aliphatic heterocycles. The number of hydrogen-bond acceptors (Lipinski definition) is 3. The largest absolute Gasteiger partial charge is 0.388 e. The van der Waals surface area contributed by atoms with Gasteiger partial charge in [-0.05, 0) is 43.2 Å². The van der Waals surface area contributed by atoms with Gasteiger partial charge in [0, 0.05) is 12.8 Å². The summed E-state index contributed by atoms with van der Waals surface area (Å²) in [6.07, 6.45) is 4.17. The van der Waals surface area contributed by atoms with Crippen LogP contribution in [0, 0.1) is 11.3 Å². The molecule has 0 radical (unpaired) electrons. The van der Waals surface area contributed by atoms with E-state index >= 15 is 0 Å². The van der Waals surface area contributed by atoms with Crippen molar-refractivity contribution >= 4 is 5.78 Å². The number of nitriles is 1. The zero-order valence-corrected chi connectivity index (χ0v) is 11.6. The van der Waals surface area contributed by atoms with Gasteiger partial charge in [-0.25, -0.2) is 0 Å². The average molecular weight is 269 g/mol. The quantitative estimate of drug-likeness (QED) is 0.852. The smallest absolute Gasteiger partial charge is 0.133 e. The lowest BCUT2D eigenvalue weighted by Gasteiger charge is -2.47. The molecular formula is C17H19NO2. The lowest BCUT2D eigenvalue weighted by molar-refractivity contribution is -0.128. The van der Waals surface area contributed by atoms with Crippen LogP contribution in [0.5, 0.6) is 0 Å². The topological polar surface area (TPSA) is 61.1 Å². The molecule has 20 heavy (non-hydrogen) atoms. The van der Waals surface area contributed by atoms with Gasteiger partial charge in [0.1, 0.15) is 11.2 Å². The third-order valence-electron chi connectivity index (χ3n) is 5.10. The molecule has 1 aromatic rings. The van der Waals surface area contributed by atoms with Crippen LogP contribution < -0.4 is 0 Å². The Labute approximate surface area is 119 Å². The molecule has 1 aromatic carbocycles. The van der Waals surface area contributed by atoms with Crippen LogP contribution in [0.4, 0.5) is 0 Å². The molecule has 0 bridgehead atoms. The molecular weight excluding hydrogens is 250 g/mol. The molecule has 2 aliphatic rings. The highest BCUT2D eigenvalue weighted by molar-refractivity contribution is 5.79. The summed E-state index contributed by atoms with van der Waals surface area (Å²) in [4.78, 5) is 11.5. The third-order valence-corrected chi connectivity index (χ3v) is 5.10. The van der Waals surface area contributed by atoms with Crippen molar-refractivity contribution in [3.05, 3.63) is 35.4 Å². The number of ketones is 1. The van der Waals surface area contributed by atoms with Gasteiger partial charge in [-0.1, -0.05) is 24.3 Å². The van der Waals surface area contributed by atoms with Gasteiger partial charge in [-0.2, -0.15) is 5.26 Å². The van der Waals surface area contributed by atoms with Crippen molar-refractivity contribution in [2.24, 2.45) is 0 Å². The third kappa shape index (κ3) is 1.79. The summed E-state index contributed by atoms with van der Waals surface area (Å²) in [7, 11) is 0. The van der Waals surface area contributed by atoms with Crippen LogP contribution >= 0.6 is 0 Å². The normalized spacial score (nSPS) is 28.5. The summed E-state index contributed by atoms with van der Waals surface area (Å²) in [6, 6.07) is 10.4. The molecule has 0 aromatic heterocycles. The Morgan fingerprint density at radius 3 is 2.50 bits per heavy atom. The summed E-state index contributed by atoms with van der Waals surface area (Å²) in [5.41, 5.74) is 0.241. The number of aliphatic hydroxyl groups is 1. The van der Waals surface area contributed by atoms with E-state index in [1.54, 1.807) is 0 Å². The second kappa shape index (κ2) is 4.71. The van der Waals surface area contributed by atoms with Crippen molar-refractivity contribution in [3.63, 3.8) is 0 Å². The van der Waals surface area contributed by atoms with Crippen LogP contribution in [0.15, 0.2) is 24.3 Å². The van der Waals surface area contributed by atoms with Gasteiger partial charge in [0.25, 0.3) is 0 Å². The monoisotopic (exact) mass is 269 g/mol. The fourth-order valence-corrected chi connectivity index (χ4v) is 3.91. The maximum absolute atomic E-state index is 11.5. The summed E-state index contributed by atoms with van der Waals surface area (Å²) in [5.74, 6) is 0.201. The van der Waals surface area contributed by atoms with E-state index in [4.69, 9.17) is 0 Å². The first kappa shape index (κ1) is 13.3. The molecule has 1 N–H and O–H groups in total. The Morgan fingerprint density at radius 2 is 1.80 bits per heavy atom. The maximum Gasteiger partial charge on any atom is 0.133 e. The van der Waals surface area contributed by atoms with Gasteiger partial charge in [-0.3, -0.25) is 4.79 Å². The fraction of sp³-hybridized carbons (Fsp3) is 0.529. The molecule has 3 heteroatoms. The predicted octanol–water partition coefficient (Wildman–Crippen LogP) is 2.66. The minimum atomic E-state index is -1.06. The molecule has 1 fully saturated rings. The number of carbonyl (C=O) groups is 1. The highest BCUT2D eigenvalue weighted by Gasteiger charge is 2.54. The lowest BCUT2D eigenvalue weighted by atomic mass is 9.57. The zero-order chi connectivity index (χ0) is 14.2. The second-order valence-electron chi connectivity index (χ2n) is 6.10. The van der Waals surface area contributed by atoms with E-state index in [2.05, 4.69) is 12.1 Å². The van der Waals surface area contributed by atoms with Gasteiger partial charge >= 0.3 is 0 Å². The number of rotatable bonds is 1. The van der Waals surface area contributed by atoms with E-state index in [1.807, 2.05) is 18.2 Å². The first-order valence-electron chi connectivity index (χ1n) is 7.35. The Morgan fingerprint density at radius 1 is 1.10 bits per heavy atom. The minimum absolute atomic E-state index is 0.201. The molecule has 1 atom stereocenters. The van der Waals surface area contributed by atoms with Crippen LogP contribution in [0.3, 0.4) is 0 Å². The van der Waals surface area contributed by atoms with E-state index in [1.165, 1.54) is 5.56 Å². The Kier molecular flexibility index (Phi) is 3.14. The summed E-state index contributed by atoms with van der Waals surface area (Å²) < 4.78 is 0. The molecule has 0 spiro atoms. The van der Waals surface area contributed by atoms with Crippen molar-refractivity contribution in [3.8, 4) is 6.07 Å². The number of carbonyl (C=O) groups excluding carboxylic acids is 1. The van der Waals surface area contributed by atoms with E-state index < -0.39 is 11.0 Å². The van der Waals surface area contributed by atoms with Crippen LogP contribution in [0.2, 0.25) is 0 Å². The van der Waals surface area contributed by atoms with Gasteiger partial charge < -0.3 is 5.11 Å². The number of Topliss-reactive ketones (excluding diaryl/α,β-unsaturated/α-hetero) is 1. The number of benzene rings is 1. The van der Waals surface area contributed by atoms with Gasteiger partial charge in [-0.15, -0.1) is 0 Å². The second-order valence-corrected chi connectivity index (χ2v) is 6.10. The number of nitrogens with zero attached hydrogens (tertiary/aromatic N) is 1. The standard InChI is InChI=1S/C17H19NO2/c18-12-16(17(20)10-7-14(19)8-11-17)9-3-5-13-4-1-2-6-15(13)16/h1-2,4,6,20H,3,5,7-11H2. The maximum atomic E-state index is 11.5. The SMILES string of the molecule is N#CC1(C2(O)CCC(=O)CC2)CCCc2ccccc21. The van der Waals surface area contributed by atoms with E-state index in [0.717, 1.165) is 18.4 Å².